The van der Waals surface area contributed by atoms with Crippen molar-refractivity contribution in [2.45, 2.75) is 89.0 Å². The van der Waals surface area contributed by atoms with Gasteiger partial charge in [0.1, 0.15) is 31.6 Å². The summed E-state index contributed by atoms with van der Waals surface area (Å²) in [5, 5.41) is 13.4. The van der Waals surface area contributed by atoms with Crippen molar-refractivity contribution in [2.24, 2.45) is 0 Å². The van der Waals surface area contributed by atoms with Crippen LogP contribution in [-0.2, 0) is 34.5 Å². The SMILES string of the molecule is CC[Si](CC)(CC)O[C@@H]1[C@@H](CO[P+](=O)Oc2ccccc2)O[C@@H](n2ccc(=O)n(COC(O)[C@@H](NC(=O)OC)c3ccccc3)c2=O)[C@]1(C)F. The van der Waals surface area contributed by atoms with E-state index < -0.39 is 77.1 Å². The number of aromatic nitrogens is 2. The van der Waals surface area contributed by atoms with Crippen LogP contribution < -0.4 is 21.1 Å². The third kappa shape index (κ3) is 9.12. The van der Waals surface area contributed by atoms with Crippen molar-refractivity contribution in [3.63, 3.8) is 0 Å². The standard InChI is InChI=1S/C33H43FN3O11PSi/c1-6-50(7-2,8-3)48-28-25(21-45-49(42)47-24-17-13-10-14-18-24)46-30(33(28,4)34)36-20-19-26(38)37(32(36)41)22-44-29(39)27(35-31(40)43-5)23-15-11-9-12-16-23/h9-20,25,27-30,39H,6-8,21-22H2,1-5H3/p+1/t25-,27+,28-,29?,30-,33-/m1/s1. The molecular formula is C33H44FN3O11PSi+. The Hall–Kier alpha value is -3.76. The van der Waals surface area contributed by atoms with Gasteiger partial charge in [-0.05, 0) is 42.8 Å². The van der Waals surface area contributed by atoms with Gasteiger partial charge in [-0.3, -0.25) is 9.36 Å². The minimum absolute atomic E-state index is 0.314. The average molecular weight is 737 g/mol. The first kappa shape index (κ1) is 39.0. The van der Waals surface area contributed by atoms with Crippen LogP contribution in [0.3, 0.4) is 0 Å². The first-order valence-corrected chi connectivity index (χ1v) is 19.9. The first-order valence-electron chi connectivity index (χ1n) is 16.3. The molecule has 2 aromatic carbocycles. The Bertz CT molecular complexity index is 1680. The normalized spacial score (nSPS) is 22.1. The largest absolute Gasteiger partial charge is 0.750 e. The Morgan fingerprint density at radius 3 is 2.28 bits per heavy atom. The number of carbonyl (C=O) groups is 1. The molecule has 272 valence electrons. The summed E-state index contributed by atoms with van der Waals surface area (Å²) in [6.07, 6.45) is -5.44. The maximum atomic E-state index is 17.1. The smallest absolute Gasteiger partial charge is 0.453 e. The van der Waals surface area contributed by atoms with Crippen molar-refractivity contribution < 1.29 is 46.5 Å². The summed E-state index contributed by atoms with van der Waals surface area (Å²) in [4.78, 5) is 38.7. The van der Waals surface area contributed by atoms with Crippen LogP contribution in [0, 0.1) is 0 Å². The van der Waals surface area contributed by atoms with Crippen LogP contribution in [0.4, 0.5) is 9.18 Å². The molecule has 14 nitrogen and oxygen atoms in total. The number of para-hydroxylation sites is 1. The predicted octanol–water partition coefficient (Wildman–Crippen LogP) is 5.17. The molecule has 2 heterocycles. The molecule has 3 aromatic rings. The third-order valence-corrected chi connectivity index (χ3v) is 14.2. The van der Waals surface area contributed by atoms with Crippen LogP contribution in [0.25, 0.3) is 0 Å². The van der Waals surface area contributed by atoms with Crippen molar-refractivity contribution in [3.8, 4) is 5.75 Å². The highest BCUT2D eigenvalue weighted by atomic mass is 31.1. The summed E-state index contributed by atoms with van der Waals surface area (Å²) in [5.74, 6) is 0.314. The average Bonchev–Trinajstić information content (AvgIpc) is 3.37. The van der Waals surface area contributed by atoms with Crippen molar-refractivity contribution >= 4 is 22.7 Å². The highest BCUT2D eigenvalue weighted by molar-refractivity contribution is 7.33. The van der Waals surface area contributed by atoms with Gasteiger partial charge < -0.3 is 29.1 Å². The minimum atomic E-state index is -2.68. The van der Waals surface area contributed by atoms with Crippen molar-refractivity contribution in [1.29, 1.82) is 0 Å². The molecule has 1 saturated heterocycles. The van der Waals surface area contributed by atoms with Crippen molar-refractivity contribution in [1.82, 2.24) is 14.5 Å². The maximum Gasteiger partial charge on any atom is 0.750 e. The number of alkyl halides is 1. The molecule has 0 radical (unpaired) electrons. The van der Waals surface area contributed by atoms with E-state index in [-0.39, 0.29) is 6.61 Å². The highest BCUT2D eigenvalue weighted by Crippen LogP contribution is 2.45. The number of alkyl carbamates (subject to hydrolysis) is 1. The second-order valence-corrected chi connectivity index (χ2v) is 17.5. The van der Waals surface area contributed by atoms with Gasteiger partial charge in [0.2, 0.25) is 0 Å². The van der Waals surface area contributed by atoms with Crippen molar-refractivity contribution in [2.75, 3.05) is 13.7 Å². The first-order chi connectivity index (χ1) is 23.9. The van der Waals surface area contributed by atoms with Gasteiger partial charge >= 0.3 is 20.0 Å². The number of benzene rings is 2. The summed E-state index contributed by atoms with van der Waals surface area (Å²) in [5.41, 5.74) is -3.69. The molecule has 4 rings (SSSR count). The number of ether oxygens (including phenoxy) is 3. The van der Waals surface area contributed by atoms with Gasteiger partial charge in [0, 0.05) is 16.8 Å². The van der Waals surface area contributed by atoms with Gasteiger partial charge in [0.25, 0.3) is 5.56 Å². The van der Waals surface area contributed by atoms with E-state index in [1.165, 1.54) is 6.92 Å². The van der Waals surface area contributed by atoms with Gasteiger partial charge in [-0.1, -0.05) is 69.3 Å². The Morgan fingerprint density at radius 2 is 1.68 bits per heavy atom. The molecular weight excluding hydrogens is 692 g/mol. The van der Waals surface area contributed by atoms with Crippen LogP contribution in [0.15, 0.2) is 82.5 Å². The highest BCUT2D eigenvalue weighted by Gasteiger charge is 2.59. The van der Waals surface area contributed by atoms with E-state index in [9.17, 15) is 24.1 Å². The molecule has 7 atom stereocenters. The van der Waals surface area contributed by atoms with E-state index in [1.807, 2.05) is 20.8 Å². The molecule has 1 aromatic heterocycles. The predicted molar refractivity (Wildman–Crippen MR) is 183 cm³/mol. The molecule has 1 fully saturated rings. The lowest BCUT2D eigenvalue weighted by Crippen LogP contribution is -2.52. The fourth-order valence-corrected chi connectivity index (χ4v) is 9.30. The Labute approximate surface area is 291 Å². The van der Waals surface area contributed by atoms with Gasteiger partial charge in [-0.2, -0.15) is 0 Å². The number of hydrogen-bond acceptors (Lipinski definition) is 11. The van der Waals surface area contributed by atoms with Gasteiger partial charge in [0.15, 0.2) is 32.3 Å². The zero-order chi connectivity index (χ0) is 36.5. The lowest BCUT2D eigenvalue weighted by Gasteiger charge is -2.37. The van der Waals surface area contributed by atoms with E-state index in [2.05, 4.69) is 10.1 Å². The van der Waals surface area contributed by atoms with Crippen LogP contribution in [-0.4, -0.2) is 66.5 Å². The number of carbonyl (C=O) groups excluding carboxylic acids is 1. The number of nitrogens with one attached hydrogen (secondary N) is 1. The maximum absolute atomic E-state index is 17.1. The third-order valence-electron chi connectivity index (χ3n) is 8.88. The molecule has 1 aliphatic rings. The number of amides is 1. The second kappa shape index (κ2) is 17.4. The molecule has 0 spiro atoms. The number of methoxy groups -OCH3 is 1. The van der Waals surface area contributed by atoms with E-state index >= 15 is 4.39 Å². The van der Waals surface area contributed by atoms with E-state index in [0.717, 1.165) is 23.9 Å². The van der Waals surface area contributed by atoms with E-state index in [1.54, 1.807) is 60.7 Å². The zero-order valence-electron chi connectivity index (χ0n) is 28.6. The topological polar surface area (TPSA) is 166 Å². The van der Waals surface area contributed by atoms with Crippen LogP contribution in [0.2, 0.25) is 18.1 Å². The monoisotopic (exact) mass is 736 g/mol. The molecule has 0 saturated carbocycles. The fraction of sp³-hybridized carbons (Fsp3) is 0.485. The Balaban J connectivity index is 1.60. The summed E-state index contributed by atoms with van der Waals surface area (Å²) >= 11 is 0. The summed E-state index contributed by atoms with van der Waals surface area (Å²) in [6.45, 7) is 6.04. The van der Waals surface area contributed by atoms with Gasteiger partial charge in [-0.15, -0.1) is 4.52 Å². The number of rotatable bonds is 17. The van der Waals surface area contributed by atoms with Crippen LogP contribution in [0.5, 0.6) is 5.75 Å². The molecule has 50 heavy (non-hydrogen) atoms. The molecule has 2 unspecified atom stereocenters. The Morgan fingerprint density at radius 1 is 1.06 bits per heavy atom. The molecule has 2 N–H and O–H groups in total. The molecule has 1 aliphatic heterocycles. The van der Waals surface area contributed by atoms with Gasteiger partial charge in [-0.25, -0.2) is 23.1 Å². The lowest BCUT2D eigenvalue weighted by atomic mass is 9.98. The number of aliphatic hydroxyl groups is 1. The lowest BCUT2D eigenvalue weighted by molar-refractivity contribution is -0.146. The summed E-state index contributed by atoms with van der Waals surface area (Å²) in [7, 11) is -4.01. The minimum Gasteiger partial charge on any atom is -0.453 e. The van der Waals surface area contributed by atoms with Crippen molar-refractivity contribution in [3.05, 3.63) is 99.3 Å². The Kier molecular flexibility index (Phi) is 13.6. The van der Waals surface area contributed by atoms with Gasteiger partial charge in [0.05, 0.1) is 7.11 Å². The quantitative estimate of drug-likeness (QED) is 0.107. The number of halogens is 1. The van der Waals surface area contributed by atoms with E-state index in [4.69, 9.17) is 22.9 Å². The van der Waals surface area contributed by atoms with Crippen LogP contribution >= 0.6 is 8.25 Å². The second-order valence-electron chi connectivity index (χ2n) is 11.9. The zero-order valence-corrected chi connectivity index (χ0v) is 30.5. The van der Waals surface area contributed by atoms with Crippen LogP contribution in [0.1, 0.15) is 45.5 Å². The molecule has 0 bridgehead atoms. The molecule has 0 aliphatic carbocycles. The summed E-state index contributed by atoms with van der Waals surface area (Å²) < 4.78 is 65.1. The molecule has 17 heteroatoms. The fourth-order valence-electron chi connectivity index (χ4n) is 5.77. The number of nitrogens with zero attached hydrogens (tertiary/aromatic N) is 2. The van der Waals surface area contributed by atoms with E-state index in [0.29, 0.717) is 34.0 Å². The molecule has 1 amide bonds. The number of hydrogen-bond donors (Lipinski definition) is 2. The summed E-state index contributed by atoms with van der Waals surface area (Å²) in [6, 6.07) is 18.7. The number of aliphatic hydroxyl groups excluding tert-OH is 1.